The Morgan fingerprint density at radius 1 is 1.16 bits per heavy atom. The number of hydrogen-bond donors (Lipinski definition) is 2. The standard InChI is InChI=1S/C18H15ClF2N2O2/c1-18(17(23)25)11(8-2-4-13(20)12(19)6-8)7-10-9(16(22)24)3-5-14(21)15(10)18/h2-6,11H,7H2,1H3,(H2,22,24)(H2,23,25). The summed E-state index contributed by atoms with van der Waals surface area (Å²) in [6, 6.07) is 6.42. The molecule has 130 valence electrons. The minimum absolute atomic E-state index is 0.0572. The Hall–Kier alpha value is -2.47. The lowest BCUT2D eigenvalue weighted by molar-refractivity contribution is -0.123. The molecule has 2 amide bonds. The summed E-state index contributed by atoms with van der Waals surface area (Å²) < 4.78 is 28.1. The summed E-state index contributed by atoms with van der Waals surface area (Å²) in [5, 5.41) is -0.115. The van der Waals surface area contributed by atoms with Gasteiger partial charge in [0.15, 0.2) is 0 Å². The second-order valence-electron chi connectivity index (χ2n) is 6.31. The molecule has 3 rings (SSSR count). The Kier molecular flexibility index (Phi) is 4.03. The number of carbonyl (C=O) groups is 2. The lowest BCUT2D eigenvalue weighted by Gasteiger charge is -2.30. The highest BCUT2D eigenvalue weighted by molar-refractivity contribution is 6.30. The Labute approximate surface area is 147 Å². The lowest BCUT2D eigenvalue weighted by Crippen LogP contribution is -2.42. The van der Waals surface area contributed by atoms with E-state index < -0.39 is 34.8 Å². The molecule has 1 aliphatic rings. The van der Waals surface area contributed by atoms with Crippen molar-refractivity contribution in [2.75, 3.05) is 0 Å². The topological polar surface area (TPSA) is 86.2 Å². The van der Waals surface area contributed by atoms with Crippen LogP contribution in [0.25, 0.3) is 0 Å². The van der Waals surface area contributed by atoms with Crippen molar-refractivity contribution in [1.29, 1.82) is 0 Å². The van der Waals surface area contributed by atoms with Gasteiger partial charge in [-0.25, -0.2) is 8.78 Å². The lowest BCUT2D eigenvalue weighted by atomic mass is 9.72. The van der Waals surface area contributed by atoms with Crippen molar-refractivity contribution in [3.05, 3.63) is 69.2 Å². The number of fused-ring (bicyclic) bond motifs is 1. The number of carbonyl (C=O) groups excluding carboxylic acids is 2. The third-order valence-corrected chi connectivity index (χ3v) is 5.30. The van der Waals surface area contributed by atoms with Gasteiger partial charge in [-0.2, -0.15) is 0 Å². The Bertz CT molecular complexity index is 916. The molecule has 7 heteroatoms. The molecule has 1 aliphatic carbocycles. The van der Waals surface area contributed by atoms with Crippen LogP contribution in [0.3, 0.4) is 0 Å². The average Bonchev–Trinajstić information content (AvgIpc) is 2.86. The molecule has 2 aromatic carbocycles. The molecule has 0 radical (unpaired) electrons. The third-order valence-electron chi connectivity index (χ3n) is 5.01. The molecule has 2 aromatic rings. The van der Waals surface area contributed by atoms with Crippen molar-refractivity contribution >= 4 is 23.4 Å². The van der Waals surface area contributed by atoms with Gasteiger partial charge in [0, 0.05) is 17.0 Å². The van der Waals surface area contributed by atoms with Gasteiger partial charge in [-0.3, -0.25) is 9.59 Å². The highest BCUT2D eigenvalue weighted by atomic mass is 35.5. The minimum Gasteiger partial charge on any atom is -0.369 e. The predicted octanol–water partition coefficient (Wildman–Crippen LogP) is 2.80. The number of halogens is 3. The summed E-state index contributed by atoms with van der Waals surface area (Å²) in [6.45, 7) is 1.51. The van der Waals surface area contributed by atoms with Crippen LogP contribution >= 0.6 is 11.6 Å². The number of nitrogens with two attached hydrogens (primary N) is 2. The van der Waals surface area contributed by atoms with Crippen molar-refractivity contribution < 1.29 is 18.4 Å². The molecular weight excluding hydrogens is 350 g/mol. The number of amides is 2. The monoisotopic (exact) mass is 364 g/mol. The van der Waals surface area contributed by atoms with Crippen molar-refractivity contribution in [2.24, 2.45) is 11.5 Å². The minimum atomic E-state index is -1.42. The van der Waals surface area contributed by atoms with E-state index in [2.05, 4.69) is 0 Å². The van der Waals surface area contributed by atoms with E-state index in [1.165, 1.54) is 31.2 Å². The normalized spacial score (nSPS) is 21.8. The maximum Gasteiger partial charge on any atom is 0.248 e. The number of rotatable bonds is 3. The first-order valence-electron chi connectivity index (χ1n) is 7.54. The molecule has 0 heterocycles. The van der Waals surface area contributed by atoms with E-state index in [0.717, 1.165) is 6.07 Å². The van der Waals surface area contributed by atoms with Crippen LogP contribution in [0.15, 0.2) is 30.3 Å². The molecule has 2 unspecified atom stereocenters. The number of hydrogen-bond acceptors (Lipinski definition) is 2. The molecule has 4 N–H and O–H groups in total. The molecule has 25 heavy (non-hydrogen) atoms. The summed E-state index contributed by atoms with van der Waals surface area (Å²) in [7, 11) is 0. The molecule has 4 nitrogen and oxygen atoms in total. The zero-order valence-corrected chi connectivity index (χ0v) is 14.0. The molecule has 2 atom stereocenters. The van der Waals surface area contributed by atoms with Crippen LogP contribution in [0, 0.1) is 11.6 Å². The Morgan fingerprint density at radius 2 is 1.80 bits per heavy atom. The van der Waals surface area contributed by atoms with Crippen molar-refractivity contribution in [1.82, 2.24) is 0 Å². The van der Waals surface area contributed by atoms with Gasteiger partial charge in [0.1, 0.15) is 11.6 Å². The maximum atomic E-state index is 14.6. The molecule has 0 spiro atoms. The first-order chi connectivity index (χ1) is 11.7. The van der Waals surface area contributed by atoms with Gasteiger partial charge in [-0.05, 0) is 48.7 Å². The highest BCUT2D eigenvalue weighted by Crippen LogP contribution is 2.50. The molecule has 0 fully saturated rings. The van der Waals surface area contributed by atoms with E-state index >= 15 is 0 Å². The van der Waals surface area contributed by atoms with Gasteiger partial charge in [-0.15, -0.1) is 0 Å². The smallest absolute Gasteiger partial charge is 0.248 e. The van der Waals surface area contributed by atoms with Gasteiger partial charge >= 0.3 is 0 Å². The second kappa shape index (κ2) is 5.81. The van der Waals surface area contributed by atoms with Crippen LogP contribution < -0.4 is 11.5 Å². The van der Waals surface area contributed by atoms with Gasteiger partial charge in [0.25, 0.3) is 0 Å². The zero-order chi connectivity index (χ0) is 18.5. The summed E-state index contributed by atoms with van der Waals surface area (Å²) in [4.78, 5) is 24.0. The Morgan fingerprint density at radius 3 is 2.36 bits per heavy atom. The van der Waals surface area contributed by atoms with Crippen molar-refractivity contribution in [2.45, 2.75) is 24.7 Å². The summed E-state index contributed by atoms with van der Waals surface area (Å²) in [6.07, 6.45) is 0.159. The van der Waals surface area contributed by atoms with E-state index in [1.807, 2.05) is 0 Å². The van der Waals surface area contributed by atoms with Crippen LogP contribution in [-0.4, -0.2) is 11.8 Å². The summed E-state index contributed by atoms with van der Waals surface area (Å²) >= 11 is 5.85. The third kappa shape index (κ3) is 2.48. The quantitative estimate of drug-likeness (QED) is 0.877. The van der Waals surface area contributed by atoms with Gasteiger partial charge in [0.2, 0.25) is 11.8 Å². The van der Waals surface area contributed by atoms with E-state index in [1.54, 1.807) is 0 Å². The second-order valence-corrected chi connectivity index (χ2v) is 6.72. The maximum absolute atomic E-state index is 14.6. The fourth-order valence-electron chi connectivity index (χ4n) is 3.68. The predicted molar refractivity (Wildman–Crippen MR) is 89.3 cm³/mol. The summed E-state index contributed by atoms with van der Waals surface area (Å²) in [5.41, 5.74) is 10.6. The van der Waals surface area contributed by atoms with E-state index in [-0.39, 0.29) is 22.6 Å². The Balaban J connectivity index is 2.27. The molecule has 0 bridgehead atoms. The highest BCUT2D eigenvalue weighted by Gasteiger charge is 2.51. The van der Waals surface area contributed by atoms with E-state index in [4.69, 9.17) is 23.1 Å². The van der Waals surface area contributed by atoms with Crippen LogP contribution in [0.5, 0.6) is 0 Å². The first kappa shape index (κ1) is 17.4. The van der Waals surface area contributed by atoms with Crippen LogP contribution in [0.1, 0.15) is 39.9 Å². The van der Waals surface area contributed by atoms with Crippen LogP contribution in [-0.2, 0) is 16.6 Å². The van der Waals surface area contributed by atoms with E-state index in [9.17, 15) is 18.4 Å². The number of benzene rings is 2. The molecular formula is C18H15ClF2N2O2. The molecule has 0 saturated carbocycles. The summed E-state index contributed by atoms with van der Waals surface area (Å²) in [5.74, 6) is -3.33. The van der Waals surface area contributed by atoms with Gasteiger partial charge < -0.3 is 11.5 Å². The number of primary amides is 2. The molecule has 0 aromatic heterocycles. The molecule has 0 saturated heterocycles. The van der Waals surface area contributed by atoms with Crippen molar-refractivity contribution in [3.63, 3.8) is 0 Å². The fourth-order valence-corrected chi connectivity index (χ4v) is 3.87. The largest absolute Gasteiger partial charge is 0.369 e. The van der Waals surface area contributed by atoms with Crippen LogP contribution in [0.2, 0.25) is 5.02 Å². The molecule has 0 aliphatic heterocycles. The fraction of sp³-hybridized carbons (Fsp3) is 0.222. The van der Waals surface area contributed by atoms with Gasteiger partial charge in [0.05, 0.1) is 10.4 Å². The van der Waals surface area contributed by atoms with E-state index in [0.29, 0.717) is 11.1 Å². The van der Waals surface area contributed by atoms with Crippen LogP contribution in [0.4, 0.5) is 8.78 Å². The zero-order valence-electron chi connectivity index (χ0n) is 13.3. The SMILES string of the molecule is CC1(C(N)=O)c2c(F)ccc(C(N)=O)c2CC1c1ccc(F)c(Cl)c1. The first-order valence-corrected chi connectivity index (χ1v) is 7.92. The van der Waals surface area contributed by atoms with Crippen molar-refractivity contribution in [3.8, 4) is 0 Å². The average molecular weight is 365 g/mol. The van der Waals surface area contributed by atoms with Gasteiger partial charge in [-0.1, -0.05) is 17.7 Å².